The number of amides is 2. The summed E-state index contributed by atoms with van der Waals surface area (Å²) in [5.41, 5.74) is 0.476. The summed E-state index contributed by atoms with van der Waals surface area (Å²) in [5.74, 6) is -1.47. The second kappa shape index (κ2) is 12.5. The van der Waals surface area contributed by atoms with E-state index in [1.54, 1.807) is 25.1 Å². The molecule has 32 heavy (non-hydrogen) atoms. The van der Waals surface area contributed by atoms with Crippen LogP contribution in [0.3, 0.4) is 0 Å². The number of carbonyl (C=O) groups excluding carboxylic acids is 2. The SMILES string of the molecule is Cc1ccccc1S(=O)(=O)N[C@@H](CNC(=O)CCNC(=O)CCC1CCNCC1)C(=O)O. The zero-order valence-corrected chi connectivity index (χ0v) is 19.0. The van der Waals surface area contributed by atoms with Gasteiger partial charge in [0.2, 0.25) is 21.8 Å². The van der Waals surface area contributed by atoms with Crippen LogP contribution in [-0.4, -0.2) is 63.5 Å². The molecule has 1 heterocycles. The number of carboxylic acids is 1. The van der Waals surface area contributed by atoms with Crippen LogP contribution in [0.2, 0.25) is 0 Å². The Morgan fingerprint density at radius 1 is 1.09 bits per heavy atom. The molecule has 178 valence electrons. The van der Waals surface area contributed by atoms with E-state index in [2.05, 4.69) is 20.7 Å². The van der Waals surface area contributed by atoms with Crippen LogP contribution < -0.4 is 20.7 Å². The van der Waals surface area contributed by atoms with E-state index in [1.165, 1.54) is 6.07 Å². The van der Waals surface area contributed by atoms with Crippen molar-refractivity contribution in [3.63, 3.8) is 0 Å². The van der Waals surface area contributed by atoms with Crippen molar-refractivity contribution in [3.8, 4) is 0 Å². The van der Waals surface area contributed by atoms with E-state index in [1.807, 2.05) is 0 Å². The third-order valence-corrected chi connectivity index (χ3v) is 7.03. The Morgan fingerprint density at radius 2 is 1.75 bits per heavy atom. The summed E-state index contributed by atoms with van der Waals surface area (Å²) in [6.07, 6.45) is 3.33. The highest BCUT2D eigenvalue weighted by Crippen LogP contribution is 2.17. The number of hydrogen-bond acceptors (Lipinski definition) is 6. The molecule has 1 fully saturated rings. The summed E-state index contributed by atoms with van der Waals surface area (Å²) in [7, 11) is -4.07. The van der Waals surface area contributed by atoms with Crippen molar-refractivity contribution in [2.75, 3.05) is 26.2 Å². The standard InChI is InChI=1S/C21H32N4O6S/c1-15-4-2-3-5-18(15)32(30,31)25-17(21(28)29)14-24-20(27)10-13-23-19(26)7-6-16-8-11-22-12-9-16/h2-5,16-17,22,25H,6-14H2,1H3,(H,23,26)(H,24,27)(H,28,29)/t17-/m0/s1. The molecule has 0 spiro atoms. The maximum absolute atomic E-state index is 12.5. The first-order chi connectivity index (χ1) is 15.2. The van der Waals surface area contributed by atoms with Crippen LogP contribution in [0.25, 0.3) is 0 Å². The molecule has 1 atom stereocenters. The van der Waals surface area contributed by atoms with Crippen molar-refractivity contribution in [2.45, 2.75) is 50.0 Å². The lowest BCUT2D eigenvalue weighted by Crippen LogP contribution is -2.48. The molecule has 5 N–H and O–H groups in total. The second-order valence-electron chi connectivity index (χ2n) is 7.91. The normalized spacial score (nSPS) is 15.7. The predicted octanol–water partition coefficient (Wildman–Crippen LogP) is 0.129. The Balaban J connectivity index is 1.73. The minimum atomic E-state index is -4.07. The molecule has 1 aromatic rings. The zero-order chi connectivity index (χ0) is 23.6. The lowest BCUT2D eigenvalue weighted by Gasteiger charge is -2.22. The van der Waals surface area contributed by atoms with E-state index in [4.69, 9.17) is 0 Å². The Labute approximate surface area is 188 Å². The molecule has 0 aromatic heterocycles. The Bertz CT molecular complexity index is 899. The maximum Gasteiger partial charge on any atom is 0.323 e. The fourth-order valence-electron chi connectivity index (χ4n) is 3.50. The molecule has 0 saturated carbocycles. The zero-order valence-electron chi connectivity index (χ0n) is 18.2. The number of benzene rings is 1. The molecule has 11 heteroatoms. The van der Waals surface area contributed by atoms with E-state index in [-0.39, 0.29) is 23.8 Å². The fourth-order valence-corrected chi connectivity index (χ4v) is 4.94. The number of carbonyl (C=O) groups is 3. The van der Waals surface area contributed by atoms with Gasteiger partial charge in [-0.1, -0.05) is 18.2 Å². The highest BCUT2D eigenvalue weighted by atomic mass is 32.2. The number of aliphatic carboxylic acids is 1. The molecule has 1 aromatic carbocycles. The minimum absolute atomic E-state index is 0.0234. The van der Waals surface area contributed by atoms with Crippen LogP contribution >= 0.6 is 0 Å². The quantitative estimate of drug-likeness (QED) is 0.292. The lowest BCUT2D eigenvalue weighted by atomic mass is 9.93. The Kier molecular flexibility index (Phi) is 10.1. The number of piperidine rings is 1. The minimum Gasteiger partial charge on any atom is -0.480 e. The Morgan fingerprint density at radius 3 is 2.41 bits per heavy atom. The summed E-state index contributed by atoms with van der Waals surface area (Å²) >= 11 is 0. The van der Waals surface area contributed by atoms with E-state index in [0.29, 0.717) is 17.9 Å². The van der Waals surface area contributed by atoms with E-state index >= 15 is 0 Å². The van der Waals surface area contributed by atoms with Crippen LogP contribution in [0.5, 0.6) is 0 Å². The van der Waals surface area contributed by atoms with Crippen LogP contribution in [0.15, 0.2) is 29.2 Å². The van der Waals surface area contributed by atoms with Gasteiger partial charge in [0.05, 0.1) is 4.90 Å². The van der Waals surface area contributed by atoms with Crippen molar-refractivity contribution >= 4 is 27.8 Å². The molecule has 10 nitrogen and oxygen atoms in total. The van der Waals surface area contributed by atoms with E-state index in [9.17, 15) is 27.9 Å². The number of aryl methyl sites for hydroxylation is 1. The summed E-state index contributed by atoms with van der Waals surface area (Å²) < 4.78 is 27.1. The third kappa shape index (κ3) is 8.56. The van der Waals surface area contributed by atoms with Gasteiger partial charge in [-0.05, 0) is 56.8 Å². The number of rotatable bonds is 12. The summed E-state index contributed by atoms with van der Waals surface area (Å²) in [4.78, 5) is 35.4. The smallest absolute Gasteiger partial charge is 0.323 e. The maximum atomic E-state index is 12.5. The van der Waals surface area contributed by atoms with Crippen molar-refractivity contribution in [1.82, 2.24) is 20.7 Å². The number of sulfonamides is 1. The third-order valence-electron chi connectivity index (χ3n) is 5.39. The monoisotopic (exact) mass is 468 g/mol. The summed E-state index contributed by atoms with van der Waals surface area (Å²) in [6.45, 7) is 3.27. The van der Waals surface area contributed by atoms with Gasteiger partial charge in [0.1, 0.15) is 6.04 Å². The number of nitrogens with one attached hydrogen (secondary N) is 4. The number of hydrogen-bond donors (Lipinski definition) is 5. The van der Waals surface area contributed by atoms with Crippen molar-refractivity contribution in [2.24, 2.45) is 5.92 Å². The largest absolute Gasteiger partial charge is 0.480 e. The molecule has 1 aliphatic heterocycles. The second-order valence-corrected chi connectivity index (χ2v) is 9.60. The van der Waals surface area contributed by atoms with Gasteiger partial charge in [-0.3, -0.25) is 14.4 Å². The first-order valence-corrected chi connectivity index (χ1v) is 12.2. The van der Waals surface area contributed by atoms with Gasteiger partial charge in [-0.2, -0.15) is 4.72 Å². The van der Waals surface area contributed by atoms with E-state index < -0.39 is 34.5 Å². The van der Waals surface area contributed by atoms with Crippen LogP contribution in [0, 0.1) is 12.8 Å². The highest BCUT2D eigenvalue weighted by Gasteiger charge is 2.26. The van der Waals surface area contributed by atoms with Crippen LogP contribution in [-0.2, 0) is 24.4 Å². The van der Waals surface area contributed by atoms with E-state index in [0.717, 1.165) is 32.4 Å². The topological polar surface area (TPSA) is 154 Å². The molecule has 1 aliphatic rings. The summed E-state index contributed by atoms with van der Waals surface area (Å²) in [6, 6.07) is 4.67. The van der Waals surface area contributed by atoms with Gasteiger partial charge in [0, 0.05) is 25.9 Å². The van der Waals surface area contributed by atoms with Crippen LogP contribution in [0.1, 0.15) is 37.7 Å². The molecule has 2 amide bonds. The van der Waals surface area contributed by atoms with Gasteiger partial charge in [0.25, 0.3) is 0 Å². The lowest BCUT2D eigenvalue weighted by molar-refractivity contribution is -0.138. The molecule has 2 rings (SSSR count). The predicted molar refractivity (Wildman–Crippen MR) is 118 cm³/mol. The molecule has 1 saturated heterocycles. The first kappa shape index (κ1) is 25.8. The van der Waals surface area contributed by atoms with Crippen LogP contribution in [0.4, 0.5) is 0 Å². The molecular formula is C21H32N4O6S. The van der Waals surface area contributed by atoms with Gasteiger partial charge in [-0.15, -0.1) is 0 Å². The summed E-state index contributed by atoms with van der Waals surface area (Å²) in [5, 5.41) is 17.7. The molecule has 0 bridgehead atoms. The van der Waals surface area contributed by atoms with Gasteiger partial charge in [0.15, 0.2) is 0 Å². The first-order valence-electron chi connectivity index (χ1n) is 10.7. The highest BCUT2D eigenvalue weighted by molar-refractivity contribution is 7.89. The average molecular weight is 469 g/mol. The number of carboxylic acid groups (broad SMARTS) is 1. The average Bonchev–Trinajstić information content (AvgIpc) is 2.76. The molecule has 0 radical (unpaired) electrons. The van der Waals surface area contributed by atoms with Crippen molar-refractivity contribution in [3.05, 3.63) is 29.8 Å². The molecule has 0 unspecified atom stereocenters. The fraction of sp³-hybridized carbons (Fsp3) is 0.571. The van der Waals surface area contributed by atoms with Gasteiger partial charge in [-0.25, -0.2) is 8.42 Å². The molecule has 0 aliphatic carbocycles. The molecular weight excluding hydrogens is 436 g/mol. The van der Waals surface area contributed by atoms with Gasteiger partial charge < -0.3 is 21.1 Å². The Hall–Kier alpha value is -2.50. The van der Waals surface area contributed by atoms with Crippen molar-refractivity contribution < 1.29 is 27.9 Å². The van der Waals surface area contributed by atoms with Gasteiger partial charge >= 0.3 is 5.97 Å². The van der Waals surface area contributed by atoms with Crippen molar-refractivity contribution in [1.29, 1.82) is 0 Å².